The van der Waals surface area contributed by atoms with Crippen molar-refractivity contribution in [3.8, 4) is 0 Å². The van der Waals surface area contributed by atoms with Gasteiger partial charge in [-0.3, -0.25) is 0 Å². The van der Waals surface area contributed by atoms with Crippen LogP contribution in [0.3, 0.4) is 0 Å². The predicted molar refractivity (Wildman–Crippen MR) is 89.7 cm³/mol. The van der Waals surface area contributed by atoms with Crippen LogP contribution >= 0.6 is 34.0 Å². The van der Waals surface area contributed by atoms with Gasteiger partial charge in [-0.1, -0.05) is 0 Å². The zero-order valence-electron chi connectivity index (χ0n) is 11.6. The molecule has 0 aromatic rings. The van der Waals surface area contributed by atoms with Crippen LogP contribution in [0.2, 0.25) is 0 Å². The molecule has 0 bridgehead atoms. The van der Waals surface area contributed by atoms with Crippen LogP contribution in [0.25, 0.3) is 0 Å². The Morgan fingerprint density at radius 1 is 0.632 bits per heavy atom. The predicted octanol–water partition coefficient (Wildman–Crippen LogP) is 0.571. The zero-order valence-corrected chi connectivity index (χ0v) is 15.0. The van der Waals surface area contributed by atoms with E-state index in [9.17, 15) is 0 Å². The summed E-state index contributed by atoms with van der Waals surface area (Å²) in [7, 11) is 0. The van der Waals surface area contributed by atoms with Crippen molar-refractivity contribution in [1.82, 2.24) is 10.2 Å². The second-order valence-corrected chi connectivity index (χ2v) is 4.18. The Morgan fingerprint density at radius 3 is 1.53 bits per heavy atom. The van der Waals surface area contributed by atoms with Gasteiger partial charge in [0.25, 0.3) is 0 Å². The number of nitrogens with one attached hydrogen (secondary N) is 1. The van der Waals surface area contributed by atoms with Gasteiger partial charge in [0.2, 0.25) is 0 Å². The molecular weight excluding hydrogens is 380 g/mol. The van der Waals surface area contributed by atoms with Crippen molar-refractivity contribution >= 4 is 34.0 Å². The van der Waals surface area contributed by atoms with Crippen LogP contribution in [0, 0.1) is 0 Å². The Balaban J connectivity index is -0.00000128. The fourth-order valence-electron chi connectivity index (χ4n) is 1.68. The first-order valence-electron chi connectivity index (χ1n) is 6.60. The average Bonchev–Trinajstić information content (AvgIpc) is 2.35. The third kappa shape index (κ3) is 18.8. The summed E-state index contributed by atoms with van der Waals surface area (Å²) >= 11 is 0. The van der Waals surface area contributed by atoms with Crippen molar-refractivity contribution in [2.75, 3.05) is 52.5 Å². The number of hydrogen-bond acceptors (Lipinski definition) is 5. The molecule has 0 aromatic carbocycles. The highest BCUT2D eigenvalue weighted by molar-refractivity contribution is 8.93. The lowest BCUT2D eigenvalue weighted by atomic mass is 10.3. The van der Waals surface area contributed by atoms with Crippen LogP contribution < -0.4 is 5.32 Å². The minimum absolute atomic E-state index is 0. The molecule has 120 valence electrons. The lowest BCUT2D eigenvalue weighted by Crippen LogP contribution is -2.30. The first-order chi connectivity index (χ1) is 8.35. The molecule has 0 heterocycles. The first kappa shape index (κ1) is 24.8. The Hall–Kier alpha value is 0.760. The molecule has 4 N–H and O–H groups in total. The van der Waals surface area contributed by atoms with Crippen LogP contribution in [0.15, 0.2) is 0 Å². The van der Waals surface area contributed by atoms with Gasteiger partial charge in [-0.05, 0) is 45.3 Å². The SMILES string of the molecule is Br.Br.OCCCNCCCN(CCCO)CCCO. The van der Waals surface area contributed by atoms with Gasteiger partial charge in [-0.25, -0.2) is 0 Å². The second-order valence-electron chi connectivity index (χ2n) is 4.18. The first-order valence-corrected chi connectivity index (χ1v) is 6.60. The van der Waals surface area contributed by atoms with E-state index in [2.05, 4.69) is 10.2 Å². The zero-order chi connectivity index (χ0) is 12.8. The summed E-state index contributed by atoms with van der Waals surface area (Å²) in [6, 6.07) is 0. The lowest BCUT2D eigenvalue weighted by Gasteiger charge is -2.21. The monoisotopic (exact) mass is 408 g/mol. The summed E-state index contributed by atoms with van der Waals surface area (Å²) in [5.41, 5.74) is 0. The summed E-state index contributed by atoms with van der Waals surface area (Å²) in [5, 5.41) is 29.5. The van der Waals surface area contributed by atoms with Crippen molar-refractivity contribution in [3.05, 3.63) is 0 Å². The van der Waals surface area contributed by atoms with Gasteiger partial charge in [-0.2, -0.15) is 0 Å². The van der Waals surface area contributed by atoms with Crippen molar-refractivity contribution in [1.29, 1.82) is 0 Å². The van der Waals surface area contributed by atoms with Crippen LogP contribution in [0.1, 0.15) is 25.7 Å². The van der Waals surface area contributed by atoms with Gasteiger partial charge in [0, 0.05) is 32.9 Å². The molecule has 0 unspecified atom stereocenters. The Kier molecular flexibility index (Phi) is 27.4. The summed E-state index contributed by atoms with van der Waals surface area (Å²) in [4.78, 5) is 2.28. The van der Waals surface area contributed by atoms with Crippen LogP contribution in [-0.2, 0) is 0 Å². The van der Waals surface area contributed by atoms with Crippen molar-refractivity contribution < 1.29 is 15.3 Å². The average molecular weight is 410 g/mol. The van der Waals surface area contributed by atoms with E-state index in [4.69, 9.17) is 15.3 Å². The molecule has 19 heavy (non-hydrogen) atoms. The number of aliphatic hydroxyl groups excluding tert-OH is 3. The number of nitrogens with zero attached hydrogens (tertiary/aromatic N) is 1. The summed E-state index contributed by atoms with van der Waals surface area (Å²) < 4.78 is 0. The third-order valence-corrected chi connectivity index (χ3v) is 2.60. The highest BCUT2D eigenvalue weighted by atomic mass is 79.9. The molecule has 0 spiro atoms. The number of aliphatic hydroxyl groups is 3. The van der Waals surface area contributed by atoms with Gasteiger partial charge in [0.1, 0.15) is 0 Å². The van der Waals surface area contributed by atoms with E-state index in [1.54, 1.807) is 0 Å². The van der Waals surface area contributed by atoms with Gasteiger partial charge >= 0.3 is 0 Å². The van der Waals surface area contributed by atoms with E-state index in [1.165, 1.54) is 0 Å². The molecule has 5 nitrogen and oxygen atoms in total. The smallest absolute Gasteiger partial charge is 0.0443 e. The normalized spacial score (nSPS) is 10.1. The van der Waals surface area contributed by atoms with Gasteiger partial charge in [0.15, 0.2) is 0 Å². The van der Waals surface area contributed by atoms with Gasteiger partial charge in [0.05, 0.1) is 0 Å². The van der Waals surface area contributed by atoms with Gasteiger partial charge < -0.3 is 25.5 Å². The molecule has 0 saturated carbocycles. The molecule has 0 fully saturated rings. The van der Waals surface area contributed by atoms with Crippen LogP contribution in [-0.4, -0.2) is 72.8 Å². The topological polar surface area (TPSA) is 76.0 Å². The number of hydrogen-bond donors (Lipinski definition) is 4. The standard InChI is InChI=1S/C12H28N2O3.2BrH/c15-10-2-6-13-5-1-7-14(8-3-11-16)9-4-12-17;;/h13,15-17H,1-12H2;2*1H. The summed E-state index contributed by atoms with van der Waals surface area (Å²) in [6.45, 7) is 5.30. The van der Waals surface area contributed by atoms with E-state index in [0.29, 0.717) is 0 Å². The molecule has 0 aliphatic rings. The molecule has 0 aromatic heterocycles. The highest BCUT2D eigenvalue weighted by Crippen LogP contribution is 1.96. The maximum Gasteiger partial charge on any atom is 0.0443 e. The van der Waals surface area contributed by atoms with Crippen LogP contribution in [0.4, 0.5) is 0 Å². The van der Waals surface area contributed by atoms with E-state index < -0.39 is 0 Å². The fraction of sp³-hybridized carbons (Fsp3) is 1.00. The fourth-order valence-corrected chi connectivity index (χ4v) is 1.68. The van der Waals surface area contributed by atoms with E-state index >= 15 is 0 Å². The summed E-state index contributed by atoms with van der Waals surface area (Å²) in [5.74, 6) is 0. The van der Waals surface area contributed by atoms with E-state index in [1.807, 2.05) is 0 Å². The molecule has 0 amide bonds. The molecular formula is C12H30Br2N2O3. The highest BCUT2D eigenvalue weighted by Gasteiger charge is 2.03. The molecule has 0 aliphatic heterocycles. The molecule has 0 rings (SSSR count). The quantitative estimate of drug-likeness (QED) is 0.334. The van der Waals surface area contributed by atoms with E-state index in [-0.39, 0.29) is 53.8 Å². The molecule has 7 heteroatoms. The maximum absolute atomic E-state index is 8.80. The molecule has 0 radical (unpaired) electrons. The largest absolute Gasteiger partial charge is 0.396 e. The van der Waals surface area contributed by atoms with Crippen molar-refractivity contribution in [3.63, 3.8) is 0 Å². The number of halogens is 2. The van der Waals surface area contributed by atoms with Crippen molar-refractivity contribution in [2.24, 2.45) is 0 Å². The van der Waals surface area contributed by atoms with Crippen molar-refractivity contribution in [2.45, 2.75) is 25.7 Å². The Labute approximate surface area is 137 Å². The molecule has 0 saturated heterocycles. The van der Waals surface area contributed by atoms with Crippen LogP contribution in [0.5, 0.6) is 0 Å². The Morgan fingerprint density at radius 2 is 1.05 bits per heavy atom. The molecule has 0 atom stereocenters. The van der Waals surface area contributed by atoms with Gasteiger partial charge in [-0.15, -0.1) is 34.0 Å². The summed E-state index contributed by atoms with van der Waals surface area (Å²) in [6.07, 6.45) is 3.45. The maximum atomic E-state index is 8.80. The Bertz CT molecular complexity index is 149. The lowest BCUT2D eigenvalue weighted by molar-refractivity contribution is 0.200. The minimum Gasteiger partial charge on any atom is -0.396 e. The van der Waals surface area contributed by atoms with E-state index in [0.717, 1.165) is 58.4 Å². The second kappa shape index (κ2) is 21.1. The minimum atomic E-state index is 0. The molecule has 0 aliphatic carbocycles. The third-order valence-electron chi connectivity index (χ3n) is 2.60. The number of rotatable bonds is 13.